The standard InChI is InChI=1S/C18H24N2O4/c1-11-15(23-2)9-12(10-16(11)24-3)18(22)20-8-4-5-14(20)17(21)19-13-6-7-13/h9-10,13-14H,4-8H2,1-3H3,(H,19,21). The van der Waals surface area contributed by atoms with E-state index in [1.165, 1.54) is 0 Å². The van der Waals surface area contributed by atoms with Crippen LogP contribution < -0.4 is 14.8 Å². The van der Waals surface area contributed by atoms with Crippen LogP contribution in [0.5, 0.6) is 11.5 Å². The van der Waals surface area contributed by atoms with Gasteiger partial charge in [0.15, 0.2) is 0 Å². The fourth-order valence-electron chi connectivity index (χ4n) is 3.18. The monoisotopic (exact) mass is 332 g/mol. The molecule has 1 aliphatic heterocycles. The number of hydrogen-bond acceptors (Lipinski definition) is 4. The molecule has 1 aromatic carbocycles. The topological polar surface area (TPSA) is 67.9 Å². The van der Waals surface area contributed by atoms with Crippen molar-refractivity contribution in [2.45, 2.75) is 44.7 Å². The third-order valence-electron chi connectivity index (χ3n) is 4.74. The van der Waals surface area contributed by atoms with Crippen molar-refractivity contribution in [1.82, 2.24) is 10.2 Å². The summed E-state index contributed by atoms with van der Waals surface area (Å²) in [6, 6.07) is 3.36. The lowest BCUT2D eigenvalue weighted by atomic mass is 10.1. The van der Waals surface area contributed by atoms with Crippen LogP contribution in [0.1, 0.15) is 41.6 Å². The Morgan fingerprint density at radius 3 is 2.29 bits per heavy atom. The van der Waals surface area contributed by atoms with Gasteiger partial charge in [-0.3, -0.25) is 9.59 Å². The maximum absolute atomic E-state index is 12.9. The second-order valence-electron chi connectivity index (χ2n) is 6.45. The highest BCUT2D eigenvalue weighted by Crippen LogP contribution is 2.31. The lowest BCUT2D eigenvalue weighted by Crippen LogP contribution is -2.46. The minimum atomic E-state index is -0.378. The summed E-state index contributed by atoms with van der Waals surface area (Å²) in [4.78, 5) is 27.0. The molecule has 130 valence electrons. The van der Waals surface area contributed by atoms with Gasteiger partial charge in [0.2, 0.25) is 5.91 Å². The van der Waals surface area contributed by atoms with Gasteiger partial charge < -0.3 is 19.7 Å². The molecule has 1 unspecified atom stereocenters. The summed E-state index contributed by atoms with van der Waals surface area (Å²) in [7, 11) is 3.13. The van der Waals surface area contributed by atoms with Gasteiger partial charge in [-0.1, -0.05) is 0 Å². The second-order valence-corrected chi connectivity index (χ2v) is 6.45. The van der Waals surface area contributed by atoms with E-state index in [-0.39, 0.29) is 17.9 Å². The molecule has 0 bridgehead atoms. The Morgan fingerprint density at radius 2 is 1.75 bits per heavy atom. The van der Waals surface area contributed by atoms with Crippen molar-refractivity contribution in [2.24, 2.45) is 0 Å². The third kappa shape index (κ3) is 3.18. The highest BCUT2D eigenvalue weighted by molar-refractivity contribution is 5.98. The molecule has 0 spiro atoms. The van der Waals surface area contributed by atoms with Crippen LogP contribution in [0.3, 0.4) is 0 Å². The van der Waals surface area contributed by atoms with Crippen molar-refractivity contribution in [1.29, 1.82) is 0 Å². The quantitative estimate of drug-likeness (QED) is 0.894. The molecule has 6 heteroatoms. The molecular weight excluding hydrogens is 308 g/mol. The van der Waals surface area contributed by atoms with E-state index >= 15 is 0 Å². The number of carbonyl (C=O) groups is 2. The second kappa shape index (κ2) is 6.71. The maximum Gasteiger partial charge on any atom is 0.254 e. The van der Waals surface area contributed by atoms with Crippen molar-refractivity contribution < 1.29 is 19.1 Å². The number of rotatable bonds is 5. The van der Waals surface area contributed by atoms with Gasteiger partial charge in [0.1, 0.15) is 17.5 Å². The number of carbonyl (C=O) groups excluding carboxylic acids is 2. The first kappa shape index (κ1) is 16.6. The molecule has 1 saturated heterocycles. The van der Waals surface area contributed by atoms with E-state index in [9.17, 15) is 9.59 Å². The molecular formula is C18H24N2O4. The van der Waals surface area contributed by atoms with Crippen LogP contribution in [0.25, 0.3) is 0 Å². The highest BCUT2D eigenvalue weighted by Gasteiger charge is 2.37. The molecule has 1 N–H and O–H groups in total. The molecule has 2 amide bonds. The van der Waals surface area contributed by atoms with Crippen molar-refractivity contribution in [3.63, 3.8) is 0 Å². The number of methoxy groups -OCH3 is 2. The Morgan fingerprint density at radius 1 is 1.12 bits per heavy atom. The van der Waals surface area contributed by atoms with E-state index in [0.29, 0.717) is 36.1 Å². The summed E-state index contributed by atoms with van der Waals surface area (Å²) in [5.41, 5.74) is 1.33. The average molecular weight is 332 g/mol. The van der Waals surface area contributed by atoms with E-state index in [2.05, 4.69) is 5.32 Å². The van der Waals surface area contributed by atoms with Gasteiger partial charge >= 0.3 is 0 Å². The smallest absolute Gasteiger partial charge is 0.254 e. The van der Waals surface area contributed by atoms with E-state index in [1.54, 1.807) is 31.3 Å². The fourth-order valence-corrected chi connectivity index (χ4v) is 3.18. The zero-order chi connectivity index (χ0) is 17.3. The predicted molar refractivity (Wildman–Crippen MR) is 89.5 cm³/mol. The lowest BCUT2D eigenvalue weighted by Gasteiger charge is -2.24. The van der Waals surface area contributed by atoms with Crippen LogP contribution >= 0.6 is 0 Å². The number of hydrogen-bond donors (Lipinski definition) is 1. The summed E-state index contributed by atoms with van der Waals surface area (Å²) < 4.78 is 10.7. The van der Waals surface area contributed by atoms with Crippen molar-refractivity contribution >= 4 is 11.8 Å². The van der Waals surface area contributed by atoms with Crippen LogP contribution in [0.4, 0.5) is 0 Å². The third-order valence-corrected chi connectivity index (χ3v) is 4.74. The van der Waals surface area contributed by atoms with E-state index < -0.39 is 0 Å². The Balaban J connectivity index is 1.83. The molecule has 2 fully saturated rings. The first-order chi connectivity index (χ1) is 11.5. The Bertz CT molecular complexity index is 629. The van der Waals surface area contributed by atoms with Crippen LogP contribution in [0, 0.1) is 6.92 Å². The molecule has 6 nitrogen and oxygen atoms in total. The van der Waals surface area contributed by atoms with Gasteiger partial charge in [0.25, 0.3) is 5.91 Å². The van der Waals surface area contributed by atoms with Crippen LogP contribution in [-0.2, 0) is 4.79 Å². The molecule has 1 aromatic rings. The van der Waals surface area contributed by atoms with Gasteiger partial charge in [0.05, 0.1) is 14.2 Å². The normalized spacial score (nSPS) is 20.0. The van der Waals surface area contributed by atoms with Crippen molar-refractivity contribution in [2.75, 3.05) is 20.8 Å². The number of benzene rings is 1. The van der Waals surface area contributed by atoms with E-state index in [4.69, 9.17) is 9.47 Å². The fraction of sp³-hybridized carbons (Fsp3) is 0.556. The minimum absolute atomic E-state index is 0.0330. The van der Waals surface area contributed by atoms with Crippen molar-refractivity contribution in [3.8, 4) is 11.5 Å². The van der Waals surface area contributed by atoms with Crippen LogP contribution in [-0.4, -0.2) is 49.6 Å². The Hall–Kier alpha value is -2.24. The van der Waals surface area contributed by atoms with Crippen LogP contribution in [0.2, 0.25) is 0 Å². The van der Waals surface area contributed by atoms with Crippen LogP contribution in [0.15, 0.2) is 12.1 Å². The number of amides is 2. The van der Waals surface area contributed by atoms with E-state index in [0.717, 1.165) is 24.8 Å². The summed E-state index contributed by atoms with van der Waals surface area (Å²) in [6.07, 6.45) is 3.64. The van der Waals surface area contributed by atoms with Gasteiger partial charge in [-0.25, -0.2) is 0 Å². The van der Waals surface area contributed by atoms with Gasteiger partial charge in [-0.15, -0.1) is 0 Å². The lowest BCUT2D eigenvalue weighted by molar-refractivity contribution is -0.125. The highest BCUT2D eigenvalue weighted by atomic mass is 16.5. The van der Waals surface area contributed by atoms with Crippen molar-refractivity contribution in [3.05, 3.63) is 23.3 Å². The van der Waals surface area contributed by atoms with E-state index in [1.807, 2.05) is 6.92 Å². The largest absolute Gasteiger partial charge is 0.496 e. The minimum Gasteiger partial charge on any atom is -0.496 e. The molecule has 1 atom stereocenters. The molecule has 1 heterocycles. The maximum atomic E-state index is 12.9. The summed E-state index contributed by atoms with van der Waals surface area (Å²) in [5.74, 6) is 1.03. The first-order valence-electron chi connectivity index (χ1n) is 8.39. The number of nitrogens with zero attached hydrogens (tertiary/aromatic N) is 1. The predicted octanol–water partition coefficient (Wildman–Crippen LogP) is 1.90. The number of nitrogens with one attached hydrogen (secondary N) is 1. The summed E-state index contributed by atoms with van der Waals surface area (Å²) in [5, 5.41) is 3.00. The molecule has 1 aliphatic carbocycles. The molecule has 0 radical (unpaired) electrons. The Labute approximate surface area is 142 Å². The Kier molecular flexibility index (Phi) is 4.64. The number of ether oxygens (including phenoxy) is 2. The zero-order valence-corrected chi connectivity index (χ0v) is 14.4. The molecule has 3 rings (SSSR count). The van der Waals surface area contributed by atoms with Gasteiger partial charge in [-0.2, -0.15) is 0 Å². The molecule has 24 heavy (non-hydrogen) atoms. The zero-order valence-electron chi connectivity index (χ0n) is 14.4. The average Bonchev–Trinajstić information content (AvgIpc) is 3.26. The molecule has 1 saturated carbocycles. The summed E-state index contributed by atoms with van der Waals surface area (Å²) in [6.45, 7) is 2.48. The van der Waals surface area contributed by atoms with Gasteiger partial charge in [-0.05, 0) is 44.7 Å². The SMILES string of the molecule is COc1cc(C(=O)N2CCCC2C(=O)NC2CC2)cc(OC)c1C. The number of likely N-dealkylation sites (tertiary alicyclic amines) is 1. The van der Waals surface area contributed by atoms with Gasteiger partial charge in [0, 0.05) is 23.7 Å². The molecule has 2 aliphatic rings. The first-order valence-corrected chi connectivity index (χ1v) is 8.39. The summed E-state index contributed by atoms with van der Waals surface area (Å²) >= 11 is 0. The molecule has 0 aromatic heterocycles.